The number of nitrogens with zero attached hydrogens (tertiary/aromatic N) is 3. The fourth-order valence-electron chi connectivity index (χ4n) is 5.21. The zero-order valence-corrected chi connectivity index (χ0v) is 22.9. The van der Waals surface area contributed by atoms with E-state index in [-0.39, 0.29) is 23.8 Å². The highest BCUT2D eigenvalue weighted by molar-refractivity contribution is 7.22. The van der Waals surface area contributed by atoms with E-state index in [1.165, 1.54) is 42.2 Å². The van der Waals surface area contributed by atoms with Crippen molar-refractivity contribution in [1.82, 2.24) is 14.1 Å². The number of carboxylic acids is 1. The summed E-state index contributed by atoms with van der Waals surface area (Å²) in [7, 11) is 0. The Balaban J connectivity index is 1.75. The van der Waals surface area contributed by atoms with Gasteiger partial charge in [-0.3, -0.25) is 9.36 Å². The number of carboxylic acid groups (broad SMARTS) is 1. The molecule has 0 bridgehead atoms. The molecule has 0 radical (unpaired) electrons. The molecule has 0 spiro atoms. The average Bonchev–Trinajstić information content (AvgIpc) is 3.55. The first-order valence-electron chi connectivity index (χ1n) is 13.0. The van der Waals surface area contributed by atoms with Crippen LogP contribution < -0.4 is 11.2 Å². The first kappa shape index (κ1) is 26.9. The van der Waals surface area contributed by atoms with E-state index >= 15 is 0 Å². The first-order chi connectivity index (χ1) is 18.6. The van der Waals surface area contributed by atoms with Crippen molar-refractivity contribution in [1.29, 1.82) is 0 Å². The second kappa shape index (κ2) is 10.5. The molecule has 2 N–H and O–H groups in total. The maximum atomic E-state index is 14.0. The number of phenols is 1. The highest BCUT2D eigenvalue weighted by Gasteiger charge is 2.36. The molecule has 39 heavy (non-hydrogen) atoms. The standard InChI is InChI=1S/C28H31N3O7S/c1-16-21-24(33)31(28(2,3)26(34)35)27(36)30(25(21)39-22(16)23-29-13-14-37-23)15-20(18-11-7-8-12-19(18)32)38-17-9-5-4-6-10-17/h7-8,11-14,17,20,32H,4-6,9-10,15H2,1-3H3,(H,34,35)/t20-/m0/s1. The molecule has 5 rings (SSSR count). The van der Waals surface area contributed by atoms with Gasteiger partial charge in [0.1, 0.15) is 28.5 Å². The summed E-state index contributed by atoms with van der Waals surface area (Å²) in [6.07, 6.45) is 7.07. The molecule has 1 saturated carbocycles. The third kappa shape index (κ3) is 4.80. The number of fused-ring (bicyclic) bond motifs is 1. The number of carbonyl (C=O) groups is 1. The van der Waals surface area contributed by atoms with Crippen LogP contribution in [-0.4, -0.2) is 36.4 Å². The van der Waals surface area contributed by atoms with Gasteiger partial charge in [-0.1, -0.05) is 37.5 Å². The van der Waals surface area contributed by atoms with E-state index in [1.807, 2.05) is 0 Å². The summed E-state index contributed by atoms with van der Waals surface area (Å²) < 4.78 is 14.2. The van der Waals surface area contributed by atoms with Gasteiger partial charge >= 0.3 is 11.7 Å². The van der Waals surface area contributed by atoms with E-state index in [0.717, 1.165) is 36.7 Å². The number of benzene rings is 1. The van der Waals surface area contributed by atoms with Crippen molar-refractivity contribution in [3.8, 4) is 16.5 Å². The van der Waals surface area contributed by atoms with Crippen LogP contribution in [0.1, 0.15) is 63.2 Å². The number of thiophene rings is 1. The molecule has 1 aliphatic rings. The summed E-state index contributed by atoms with van der Waals surface area (Å²) in [4.78, 5) is 45.1. The minimum Gasteiger partial charge on any atom is -0.508 e. The first-order valence-corrected chi connectivity index (χ1v) is 13.8. The van der Waals surface area contributed by atoms with Crippen LogP contribution in [-0.2, 0) is 21.6 Å². The van der Waals surface area contributed by atoms with Crippen molar-refractivity contribution in [2.24, 2.45) is 0 Å². The fraction of sp³-hybridized carbons (Fsp3) is 0.429. The summed E-state index contributed by atoms with van der Waals surface area (Å²) in [6.45, 7) is 4.34. The molecule has 0 unspecified atom stereocenters. The number of oxazole rings is 1. The molecule has 1 aromatic carbocycles. The molecular weight excluding hydrogens is 522 g/mol. The molecule has 11 heteroatoms. The SMILES string of the molecule is Cc1c(-c2ncco2)sc2c1c(=O)n(C(C)(C)C(=O)O)c(=O)n2C[C@H](OC1CCCCC1)c1ccccc1O. The zero-order valence-electron chi connectivity index (χ0n) is 22.0. The predicted octanol–water partition coefficient (Wildman–Crippen LogP) is 4.80. The van der Waals surface area contributed by atoms with Crippen LogP contribution in [0.4, 0.5) is 0 Å². The number of rotatable bonds is 8. The third-order valence-corrected chi connectivity index (χ3v) is 8.77. The molecule has 1 aliphatic carbocycles. The Morgan fingerprint density at radius 3 is 2.59 bits per heavy atom. The lowest BCUT2D eigenvalue weighted by Crippen LogP contribution is -2.52. The summed E-state index contributed by atoms with van der Waals surface area (Å²) in [5.41, 5.74) is -2.24. The predicted molar refractivity (Wildman–Crippen MR) is 146 cm³/mol. The van der Waals surface area contributed by atoms with Gasteiger partial charge in [-0.05, 0) is 45.2 Å². The maximum absolute atomic E-state index is 14.0. The Kier molecular flexibility index (Phi) is 7.21. The van der Waals surface area contributed by atoms with Crippen LogP contribution in [0.25, 0.3) is 21.0 Å². The highest BCUT2D eigenvalue weighted by Crippen LogP contribution is 2.38. The van der Waals surface area contributed by atoms with E-state index in [9.17, 15) is 24.6 Å². The normalized spacial score (nSPS) is 15.6. The van der Waals surface area contributed by atoms with Gasteiger partial charge in [0.25, 0.3) is 5.56 Å². The van der Waals surface area contributed by atoms with Gasteiger partial charge in [-0.15, -0.1) is 11.3 Å². The molecule has 1 fully saturated rings. The fourth-order valence-corrected chi connectivity index (χ4v) is 6.45. The van der Waals surface area contributed by atoms with E-state index in [4.69, 9.17) is 9.15 Å². The Morgan fingerprint density at radius 2 is 1.95 bits per heavy atom. The molecule has 4 aromatic rings. The minimum absolute atomic E-state index is 0.0321. The number of aryl methyl sites for hydroxylation is 1. The molecule has 0 aliphatic heterocycles. The molecule has 3 aromatic heterocycles. The number of phenolic OH excluding ortho intramolecular Hbond substituents is 1. The molecular formula is C28H31N3O7S. The number of hydrogen-bond acceptors (Lipinski definition) is 8. The average molecular weight is 554 g/mol. The lowest BCUT2D eigenvalue weighted by molar-refractivity contribution is -0.146. The van der Waals surface area contributed by atoms with Gasteiger partial charge in [-0.2, -0.15) is 0 Å². The van der Waals surface area contributed by atoms with E-state index < -0.39 is 28.9 Å². The van der Waals surface area contributed by atoms with Crippen LogP contribution in [0.2, 0.25) is 0 Å². The molecule has 3 heterocycles. The Morgan fingerprint density at radius 1 is 1.23 bits per heavy atom. The quantitative estimate of drug-likeness (QED) is 0.317. The highest BCUT2D eigenvalue weighted by atomic mass is 32.1. The Labute approximate surface area is 228 Å². The summed E-state index contributed by atoms with van der Waals surface area (Å²) in [5.74, 6) is -0.986. The molecule has 10 nitrogen and oxygen atoms in total. The summed E-state index contributed by atoms with van der Waals surface area (Å²) in [6, 6.07) is 6.81. The topological polar surface area (TPSA) is 137 Å². The van der Waals surface area contributed by atoms with Crippen molar-refractivity contribution in [3.05, 3.63) is 68.7 Å². The lowest BCUT2D eigenvalue weighted by Gasteiger charge is -2.29. The summed E-state index contributed by atoms with van der Waals surface area (Å²) >= 11 is 1.18. The van der Waals surface area contributed by atoms with E-state index in [0.29, 0.717) is 26.7 Å². The molecule has 0 saturated heterocycles. The molecule has 1 atom stereocenters. The van der Waals surface area contributed by atoms with Crippen LogP contribution in [0.5, 0.6) is 5.75 Å². The van der Waals surface area contributed by atoms with Crippen molar-refractivity contribution in [2.75, 3.05) is 0 Å². The molecule has 0 amide bonds. The third-order valence-electron chi connectivity index (χ3n) is 7.46. The van der Waals surface area contributed by atoms with Gasteiger partial charge in [0.2, 0.25) is 5.89 Å². The van der Waals surface area contributed by atoms with Crippen molar-refractivity contribution < 1.29 is 24.2 Å². The van der Waals surface area contributed by atoms with Crippen molar-refractivity contribution in [3.63, 3.8) is 0 Å². The van der Waals surface area contributed by atoms with E-state index in [1.54, 1.807) is 31.2 Å². The Bertz CT molecular complexity index is 1630. The second-order valence-corrected chi connectivity index (χ2v) is 11.4. The smallest absolute Gasteiger partial charge is 0.333 e. The van der Waals surface area contributed by atoms with Gasteiger partial charge in [0.05, 0.1) is 29.1 Å². The van der Waals surface area contributed by atoms with Gasteiger partial charge in [0, 0.05) is 5.56 Å². The summed E-state index contributed by atoms with van der Waals surface area (Å²) in [5, 5.41) is 20.9. The number of ether oxygens (including phenoxy) is 1. The maximum Gasteiger partial charge on any atom is 0.333 e. The zero-order chi connectivity index (χ0) is 27.9. The van der Waals surface area contributed by atoms with Gasteiger partial charge < -0.3 is 19.4 Å². The number of aromatic hydroxyl groups is 1. The van der Waals surface area contributed by atoms with Crippen molar-refractivity contribution in [2.45, 2.75) is 77.2 Å². The van der Waals surface area contributed by atoms with Crippen molar-refractivity contribution >= 4 is 27.5 Å². The van der Waals surface area contributed by atoms with Gasteiger partial charge in [0.15, 0.2) is 0 Å². The van der Waals surface area contributed by atoms with Crippen LogP contribution in [0.3, 0.4) is 0 Å². The number of aromatic nitrogens is 3. The Hall–Kier alpha value is -3.70. The number of hydrogen-bond donors (Lipinski definition) is 2. The molecule has 206 valence electrons. The number of para-hydroxylation sites is 1. The van der Waals surface area contributed by atoms with E-state index in [2.05, 4.69) is 4.98 Å². The minimum atomic E-state index is -1.82. The van der Waals surface area contributed by atoms with Crippen LogP contribution in [0, 0.1) is 6.92 Å². The largest absolute Gasteiger partial charge is 0.508 e. The van der Waals surface area contributed by atoms with Gasteiger partial charge in [-0.25, -0.2) is 19.1 Å². The monoisotopic (exact) mass is 553 g/mol. The number of aliphatic carboxylic acids is 1. The van der Waals surface area contributed by atoms with Crippen LogP contribution in [0.15, 0.2) is 50.7 Å². The van der Waals surface area contributed by atoms with Crippen LogP contribution >= 0.6 is 11.3 Å². The lowest BCUT2D eigenvalue weighted by atomic mass is 9.97. The second-order valence-electron chi connectivity index (χ2n) is 10.4.